The second-order valence-electron chi connectivity index (χ2n) is 5.70. The molecule has 25 heavy (non-hydrogen) atoms. The van der Waals surface area contributed by atoms with Crippen molar-refractivity contribution < 1.29 is 21.6 Å². The van der Waals surface area contributed by atoms with E-state index in [2.05, 4.69) is 15.0 Å². The van der Waals surface area contributed by atoms with E-state index in [4.69, 9.17) is 0 Å². The maximum atomic E-state index is 12.5. The molecule has 5 nitrogen and oxygen atoms in total. The zero-order chi connectivity index (χ0) is 18.7. The normalized spacial score (nSPS) is 12.4. The van der Waals surface area contributed by atoms with E-state index in [-0.39, 0.29) is 17.5 Å². The van der Waals surface area contributed by atoms with E-state index >= 15 is 0 Å². The van der Waals surface area contributed by atoms with Crippen LogP contribution < -0.4 is 10.0 Å². The molecule has 1 heterocycles. The van der Waals surface area contributed by atoms with Gasteiger partial charge in [0.15, 0.2) is 0 Å². The molecule has 1 aromatic heterocycles. The van der Waals surface area contributed by atoms with Crippen molar-refractivity contribution in [1.82, 2.24) is 9.71 Å². The highest BCUT2D eigenvalue weighted by atomic mass is 32.2. The Hall–Kier alpha value is -2.13. The molecule has 0 saturated carbocycles. The van der Waals surface area contributed by atoms with Crippen molar-refractivity contribution in [2.75, 3.05) is 5.32 Å². The van der Waals surface area contributed by atoms with E-state index in [0.29, 0.717) is 11.4 Å². The van der Waals surface area contributed by atoms with Crippen LogP contribution in [0.25, 0.3) is 0 Å². The standard InChI is InChI=1S/C16H18F3N3O2S/c1-11(2)22-25(23,24)14-7-8-15(21-10-14)20-9-12-3-5-13(6-4-12)16(17,18)19/h3-8,10-11,22H,9H2,1-2H3,(H,20,21). The van der Waals surface area contributed by atoms with Crippen molar-refractivity contribution >= 4 is 15.8 Å². The van der Waals surface area contributed by atoms with E-state index in [1.54, 1.807) is 13.8 Å². The predicted molar refractivity (Wildman–Crippen MR) is 88.5 cm³/mol. The molecule has 0 aliphatic carbocycles. The minimum atomic E-state index is -4.36. The molecule has 0 radical (unpaired) electrons. The number of alkyl halides is 3. The largest absolute Gasteiger partial charge is 0.416 e. The van der Waals surface area contributed by atoms with Crippen LogP contribution >= 0.6 is 0 Å². The van der Waals surface area contributed by atoms with Gasteiger partial charge < -0.3 is 5.32 Å². The molecule has 0 fully saturated rings. The Balaban J connectivity index is 2.00. The topological polar surface area (TPSA) is 71.1 Å². The fourth-order valence-corrected chi connectivity index (χ4v) is 3.22. The first-order valence-electron chi connectivity index (χ1n) is 7.46. The highest BCUT2D eigenvalue weighted by molar-refractivity contribution is 7.89. The molecule has 2 N–H and O–H groups in total. The summed E-state index contributed by atoms with van der Waals surface area (Å²) in [5.74, 6) is 0.420. The Bertz CT molecular complexity index is 802. The molecule has 0 bridgehead atoms. The number of hydrogen-bond acceptors (Lipinski definition) is 4. The lowest BCUT2D eigenvalue weighted by Gasteiger charge is -2.11. The molecule has 136 valence electrons. The molecule has 0 spiro atoms. The summed E-state index contributed by atoms with van der Waals surface area (Å²) in [5.41, 5.74) is -0.0606. The van der Waals surface area contributed by atoms with Crippen LogP contribution in [0.2, 0.25) is 0 Å². The Labute approximate surface area is 144 Å². The summed E-state index contributed by atoms with van der Waals surface area (Å²) in [5, 5.41) is 2.93. The molecule has 0 aliphatic heterocycles. The van der Waals surface area contributed by atoms with Gasteiger partial charge in [-0.2, -0.15) is 13.2 Å². The fourth-order valence-electron chi connectivity index (χ4n) is 2.03. The summed E-state index contributed by atoms with van der Waals surface area (Å²) < 4.78 is 63.9. The number of nitrogens with zero attached hydrogens (tertiary/aromatic N) is 1. The van der Waals surface area contributed by atoms with Crippen molar-refractivity contribution in [1.29, 1.82) is 0 Å². The van der Waals surface area contributed by atoms with E-state index in [0.717, 1.165) is 12.1 Å². The lowest BCUT2D eigenvalue weighted by atomic mass is 10.1. The lowest BCUT2D eigenvalue weighted by molar-refractivity contribution is -0.137. The van der Waals surface area contributed by atoms with Gasteiger partial charge in [-0.25, -0.2) is 18.1 Å². The van der Waals surface area contributed by atoms with Gasteiger partial charge in [-0.1, -0.05) is 12.1 Å². The van der Waals surface area contributed by atoms with Gasteiger partial charge in [0.05, 0.1) is 5.56 Å². The first kappa shape index (κ1) is 19.2. The second-order valence-corrected chi connectivity index (χ2v) is 7.42. The molecule has 9 heteroatoms. The van der Waals surface area contributed by atoms with Crippen molar-refractivity contribution in [2.45, 2.75) is 37.5 Å². The summed E-state index contributed by atoms with van der Waals surface area (Å²) in [6, 6.07) is 7.45. The van der Waals surface area contributed by atoms with Crippen LogP contribution in [0.15, 0.2) is 47.5 Å². The highest BCUT2D eigenvalue weighted by Crippen LogP contribution is 2.29. The smallest absolute Gasteiger partial charge is 0.366 e. The van der Waals surface area contributed by atoms with Crippen molar-refractivity contribution in [3.05, 3.63) is 53.7 Å². The van der Waals surface area contributed by atoms with Gasteiger partial charge in [0.25, 0.3) is 0 Å². The van der Waals surface area contributed by atoms with Gasteiger partial charge >= 0.3 is 6.18 Å². The van der Waals surface area contributed by atoms with Gasteiger partial charge in [-0.15, -0.1) is 0 Å². The number of sulfonamides is 1. The van der Waals surface area contributed by atoms with E-state index in [1.807, 2.05) is 0 Å². The number of rotatable bonds is 6. The average Bonchev–Trinajstić information content (AvgIpc) is 2.52. The van der Waals surface area contributed by atoms with Gasteiger partial charge in [-0.3, -0.25) is 0 Å². The van der Waals surface area contributed by atoms with Crippen LogP contribution in [-0.2, 0) is 22.7 Å². The summed E-state index contributed by atoms with van der Waals surface area (Å²) in [6.07, 6.45) is -3.14. The average molecular weight is 373 g/mol. The molecular formula is C16H18F3N3O2S. The molecule has 2 aromatic rings. The predicted octanol–water partition coefficient (Wildman–Crippen LogP) is 3.40. The SMILES string of the molecule is CC(C)NS(=O)(=O)c1ccc(NCc2ccc(C(F)(F)F)cc2)nc1. The van der Waals surface area contributed by atoms with Crippen LogP contribution in [0.3, 0.4) is 0 Å². The van der Waals surface area contributed by atoms with Crippen LogP contribution in [-0.4, -0.2) is 19.4 Å². The molecule has 2 rings (SSSR count). The number of halogens is 3. The van der Waals surface area contributed by atoms with E-state index < -0.39 is 21.8 Å². The number of aromatic nitrogens is 1. The quantitative estimate of drug-likeness (QED) is 0.814. The van der Waals surface area contributed by atoms with Crippen LogP contribution in [0.4, 0.5) is 19.0 Å². The molecule has 0 atom stereocenters. The third-order valence-corrected chi connectivity index (χ3v) is 4.84. The molecule has 1 aromatic carbocycles. The Morgan fingerprint density at radius 1 is 1.08 bits per heavy atom. The zero-order valence-electron chi connectivity index (χ0n) is 13.6. The van der Waals surface area contributed by atoms with Crippen LogP contribution in [0.1, 0.15) is 25.0 Å². The minimum Gasteiger partial charge on any atom is -0.366 e. The van der Waals surface area contributed by atoms with Crippen molar-refractivity contribution in [3.63, 3.8) is 0 Å². The molecule has 0 aliphatic rings. The van der Waals surface area contributed by atoms with Gasteiger partial charge in [0.2, 0.25) is 10.0 Å². The number of nitrogens with one attached hydrogen (secondary N) is 2. The first-order valence-corrected chi connectivity index (χ1v) is 8.94. The van der Waals surface area contributed by atoms with Gasteiger partial charge in [0.1, 0.15) is 10.7 Å². The summed E-state index contributed by atoms with van der Waals surface area (Å²) in [6.45, 7) is 3.69. The Morgan fingerprint density at radius 3 is 2.20 bits per heavy atom. The zero-order valence-corrected chi connectivity index (χ0v) is 14.4. The molecule has 0 unspecified atom stereocenters. The van der Waals surface area contributed by atoms with Crippen LogP contribution in [0, 0.1) is 0 Å². The second kappa shape index (κ2) is 7.40. The maximum absolute atomic E-state index is 12.5. The number of hydrogen-bond donors (Lipinski definition) is 2. The molecule has 0 amide bonds. The highest BCUT2D eigenvalue weighted by Gasteiger charge is 2.29. The number of anilines is 1. The summed E-state index contributed by atoms with van der Waals surface area (Å²) >= 11 is 0. The Morgan fingerprint density at radius 2 is 1.72 bits per heavy atom. The lowest BCUT2D eigenvalue weighted by Crippen LogP contribution is -2.30. The van der Waals surface area contributed by atoms with Crippen molar-refractivity contribution in [2.24, 2.45) is 0 Å². The number of benzene rings is 1. The van der Waals surface area contributed by atoms with E-state index in [1.165, 1.54) is 30.5 Å². The van der Waals surface area contributed by atoms with E-state index in [9.17, 15) is 21.6 Å². The third-order valence-electron chi connectivity index (χ3n) is 3.19. The summed E-state index contributed by atoms with van der Waals surface area (Å²) in [4.78, 5) is 4.06. The molecular weight excluding hydrogens is 355 g/mol. The van der Waals surface area contributed by atoms with Gasteiger partial charge in [-0.05, 0) is 43.7 Å². The monoisotopic (exact) mass is 373 g/mol. The minimum absolute atomic E-state index is 0.0429. The van der Waals surface area contributed by atoms with Gasteiger partial charge in [0, 0.05) is 18.8 Å². The summed E-state index contributed by atoms with van der Waals surface area (Å²) in [7, 11) is -3.61. The fraction of sp³-hybridized carbons (Fsp3) is 0.312. The Kier molecular flexibility index (Phi) is 5.69. The third kappa shape index (κ3) is 5.43. The first-order chi connectivity index (χ1) is 11.6. The maximum Gasteiger partial charge on any atom is 0.416 e. The van der Waals surface area contributed by atoms with Crippen molar-refractivity contribution in [3.8, 4) is 0 Å². The molecule has 0 saturated heterocycles. The number of pyridine rings is 1. The van der Waals surface area contributed by atoms with Crippen LogP contribution in [0.5, 0.6) is 0 Å².